The van der Waals surface area contributed by atoms with E-state index in [9.17, 15) is 0 Å². The largest absolute Gasteiger partial charge is 0.361 e. The van der Waals surface area contributed by atoms with Gasteiger partial charge in [0, 0.05) is 46.9 Å². The van der Waals surface area contributed by atoms with Gasteiger partial charge in [0.1, 0.15) is 0 Å². The van der Waals surface area contributed by atoms with Crippen LogP contribution >= 0.6 is 23.8 Å². The molecule has 0 aliphatic carbocycles. The maximum atomic E-state index is 5.98. The maximum absolute atomic E-state index is 5.98. The molecule has 2 aromatic carbocycles. The lowest BCUT2D eigenvalue weighted by molar-refractivity contribution is 0.310. The minimum Gasteiger partial charge on any atom is -0.361 e. The monoisotopic (exact) mass is 464 g/mol. The zero-order chi connectivity index (χ0) is 22.1. The van der Waals surface area contributed by atoms with E-state index >= 15 is 0 Å². The van der Waals surface area contributed by atoms with Crippen molar-refractivity contribution >= 4 is 51.1 Å². The minimum absolute atomic E-state index is 0.661. The van der Waals surface area contributed by atoms with E-state index in [0.29, 0.717) is 6.04 Å². The molecule has 3 heterocycles. The Hall–Kier alpha value is -2.34. The van der Waals surface area contributed by atoms with Gasteiger partial charge in [-0.15, -0.1) is 0 Å². The Kier molecular flexibility index (Phi) is 6.22. The molecule has 2 aliphatic heterocycles. The van der Waals surface area contributed by atoms with E-state index < -0.39 is 0 Å². The molecular formula is C26H29ClN4S. The van der Waals surface area contributed by atoms with Gasteiger partial charge < -0.3 is 20.1 Å². The first-order valence-electron chi connectivity index (χ1n) is 11.4. The van der Waals surface area contributed by atoms with E-state index in [1.807, 2.05) is 24.3 Å². The number of aromatic nitrogens is 1. The first-order chi connectivity index (χ1) is 15.6. The molecule has 32 heavy (non-hydrogen) atoms. The summed E-state index contributed by atoms with van der Waals surface area (Å²) in [4.78, 5) is 8.19. The van der Waals surface area contributed by atoms with Gasteiger partial charge in [0.25, 0.3) is 0 Å². The molecule has 1 saturated heterocycles. The number of rotatable bonds is 4. The molecule has 0 unspecified atom stereocenters. The van der Waals surface area contributed by atoms with Crippen LogP contribution in [0.25, 0.3) is 16.5 Å². The van der Waals surface area contributed by atoms with Gasteiger partial charge in [-0.2, -0.15) is 0 Å². The number of nitrogens with one attached hydrogen (secondary N) is 2. The highest BCUT2D eigenvalue weighted by atomic mass is 35.5. The molecule has 2 aliphatic rings. The Morgan fingerprint density at radius 2 is 2.03 bits per heavy atom. The highest BCUT2D eigenvalue weighted by Crippen LogP contribution is 2.30. The Morgan fingerprint density at radius 1 is 1.19 bits per heavy atom. The summed E-state index contributed by atoms with van der Waals surface area (Å²) in [7, 11) is 2.25. The molecule has 0 amide bonds. The standard InChI is InChI=1S/C26H29ClN4S/c1-30-12-2-3-23(30)15-20-17-28-25-9-4-19(16-24(20)25)18-10-13-31(14-11-18)26(32)29-22-7-5-21(27)6-8-22/h4-10,16-17,23,28H,2-3,11-15H2,1H3,(H,29,32)/t23-/m1/s1. The van der Waals surface area contributed by atoms with Crippen LogP contribution in [-0.4, -0.2) is 52.6 Å². The van der Waals surface area contributed by atoms with Crippen molar-refractivity contribution in [3.05, 3.63) is 70.9 Å². The van der Waals surface area contributed by atoms with Gasteiger partial charge in [0.15, 0.2) is 5.11 Å². The first kappa shape index (κ1) is 21.5. The summed E-state index contributed by atoms with van der Waals surface area (Å²) in [5, 5.41) is 6.17. The number of likely N-dealkylation sites (tertiary alicyclic amines) is 1. The third-order valence-corrected chi connectivity index (χ3v) is 7.47. The zero-order valence-corrected chi connectivity index (χ0v) is 20.0. The van der Waals surface area contributed by atoms with E-state index in [0.717, 1.165) is 41.8 Å². The predicted molar refractivity (Wildman–Crippen MR) is 139 cm³/mol. The van der Waals surface area contributed by atoms with Crippen LogP contribution in [0.15, 0.2) is 54.7 Å². The van der Waals surface area contributed by atoms with Gasteiger partial charge in [0.05, 0.1) is 0 Å². The van der Waals surface area contributed by atoms with E-state index in [1.165, 1.54) is 47.0 Å². The number of halogens is 1. The van der Waals surface area contributed by atoms with Crippen LogP contribution in [-0.2, 0) is 6.42 Å². The number of likely N-dealkylation sites (N-methyl/N-ethyl adjacent to an activating group) is 1. The van der Waals surface area contributed by atoms with Gasteiger partial charge >= 0.3 is 0 Å². The van der Waals surface area contributed by atoms with Gasteiger partial charge in [-0.05, 0) is 105 Å². The second-order valence-electron chi connectivity index (χ2n) is 8.92. The molecule has 1 fully saturated rings. The highest BCUT2D eigenvalue weighted by Gasteiger charge is 2.22. The van der Waals surface area contributed by atoms with E-state index in [1.54, 1.807) is 0 Å². The Labute approximate surface area is 200 Å². The number of nitrogens with zero attached hydrogens (tertiary/aromatic N) is 2. The average molecular weight is 465 g/mol. The molecule has 1 atom stereocenters. The molecule has 166 valence electrons. The highest BCUT2D eigenvalue weighted by molar-refractivity contribution is 7.80. The van der Waals surface area contributed by atoms with Crippen molar-refractivity contribution in [1.29, 1.82) is 0 Å². The summed E-state index contributed by atoms with van der Waals surface area (Å²) in [5.74, 6) is 0. The van der Waals surface area contributed by atoms with Crippen LogP contribution in [0.1, 0.15) is 30.4 Å². The van der Waals surface area contributed by atoms with Crippen molar-refractivity contribution in [2.75, 3.05) is 32.0 Å². The van der Waals surface area contributed by atoms with Crippen molar-refractivity contribution in [2.45, 2.75) is 31.7 Å². The molecule has 2 N–H and O–H groups in total. The van der Waals surface area contributed by atoms with Crippen LogP contribution in [0.5, 0.6) is 0 Å². The van der Waals surface area contributed by atoms with E-state index in [4.69, 9.17) is 23.8 Å². The molecule has 0 bridgehead atoms. The SMILES string of the molecule is CN1CCC[C@@H]1Cc1c[nH]c2ccc(C3=CCN(C(=S)Nc4ccc(Cl)cc4)CC3)cc12. The van der Waals surface area contributed by atoms with Crippen molar-refractivity contribution < 1.29 is 0 Å². The number of anilines is 1. The summed E-state index contributed by atoms with van der Waals surface area (Å²) in [6.45, 7) is 2.95. The lowest BCUT2D eigenvalue weighted by Gasteiger charge is -2.29. The van der Waals surface area contributed by atoms with Crippen LogP contribution in [0.4, 0.5) is 5.69 Å². The third-order valence-electron chi connectivity index (χ3n) is 6.86. The van der Waals surface area contributed by atoms with Crippen LogP contribution in [0.2, 0.25) is 5.02 Å². The second kappa shape index (κ2) is 9.26. The Bertz CT molecular complexity index is 1150. The molecule has 4 nitrogen and oxygen atoms in total. The summed E-state index contributed by atoms with van der Waals surface area (Å²) < 4.78 is 0. The third kappa shape index (κ3) is 4.56. The summed E-state index contributed by atoms with van der Waals surface area (Å²) in [6.07, 6.45) is 9.24. The number of fused-ring (bicyclic) bond motifs is 1. The van der Waals surface area contributed by atoms with Crippen molar-refractivity contribution in [2.24, 2.45) is 0 Å². The van der Waals surface area contributed by atoms with Crippen molar-refractivity contribution in [3.8, 4) is 0 Å². The Balaban J connectivity index is 1.28. The van der Waals surface area contributed by atoms with Crippen LogP contribution in [0.3, 0.4) is 0 Å². The van der Waals surface area contributed by atoms with Crippen molar-refractivity contribution in [3.63, 3.8) is 0 Å². The van der Waals surface area contributed by atoms with Crippen LogP contribution < -0.4 is 5.32 Å². The normalized spacial score (nSPS) is 19.4. The number of H-pyrrole nitrogens is 1. The summed E-state index contributed by atoms with van der Waals surface area (Å²) in [5.41, 5.74) is 6.37. The Morgan fingerprint density at radius 3 is 2.75 bits per heavy atom. The molecular weight excluding hydrogens is 436 g/mol. The van der Waals surface area contributed by atoms with Gasteiger partial charge in [-0.25, -0.2) is 0 Å². The summed E-state index contributed by atoms with van der Waals surface area (Å²) >= 11 is 11.6. The quantitative estimate of drug-likeness (QED) is 0.468. The fraction of sp³-hybridized carbons (Fsp3) is 0.346. The molecule has 0 spiro atoms. The smallest absolute Gasteiger partial charge is 0.173 e. The lowest BCUT2D eigenvalue weighted by Crippen LogP contribution is -2.37. The number of hydrogen-bond donors (Lipinski definition) is 2. The molecule has 0 saturated carbocycles. The topological polar surface area (TPSA) is 34.3 Å². The average Bonchev–Trinajstić information content (AvgIpc) is 3.41. The fourth-order valence-electron chi connectivity index (χ4n) is 4.89. The molecule has 1 aromatic heterocycles. The molecule has 5 rings (SSSR count). The number of benzene rings is 2. The minimum atomic E-state index is 0.661. The number of aromatic amines is 1. The van der Waals surface area contributed by atoms with Crippen LogP contribution in [0, 0.1) is 0 Å². The van der Waals surface area contributed by atoms with Gasteiger partial charge in [0.2, 0.25) is 0 Å². The summed E-state index contributed by atoms with van der Waals surface area (Å²) in [6, 6.07) is 15.2. The fourth-order valence-corrected chi connectivity index (χ4v) is 5.30. The lowest BCUT2D eigenvalue weighted by atomic mass is 9.96. The predicted octanol–water partition coefficient (Wildman–Crippen LogP) is 5.94. The first-order valence-corrected chi connectivity index (χ1v) is 12.2. The molecule has 3 aromatic rings. The maximum Gasteiger partial charge on any atom is 0.173 e. The van der Waals surface area contributed by atoms with Gasteiger partial charge in [-0.3, -0.25) is 0 Å². The van der Waals surface area contributed by atoms with Crippen molar-refractivity contribution in [1.82, 2.24) is 14.8 Å². The van der Waals surface area contributed by atoms with Gasteiger partial charge in [-0.1, -0.05) is 23.7 Å². The van der Waals surface area contributed by atoms with E-state index in [-0.39, 0.29) is 0 Å². The number of thiocarbonyl (C=S) groups is 1. The molecule has 0 radical (unpaired) electrons. The zero-order valence-electron chi connectivity index (χ0n) is 18.4. The number of hydrogen-bond acceptors (Lipinski definition) is 2. The molecule has 6 heteroatoms. The van der Waals surface area contributed by atoms with E-state index in [2.05, 4.69) is 57.6 Å². The second-order valence-corrected chi connectivity index (χ2v) is 9.74.